The van der Waals surface area contributed by atoms with Crippen molar-refractivity contribution in [3.63, 3.8) is 0 Å². The summed E-state index contributed by atoms with van der Waals surface area (Å²) in [6.07, 6.45) is 2.18. The second kappa shape index (κ2) is 11.1. The van der Waals surface area contributed by atoms with E-state index in [1.807, 2.05) is 0 Å². The van der Waals surface area contributed by atoms with Gasteiger partial charge in [-0.25, -0.2) is 0 Å². The van der Waals surface area contributed by atoms with Crippen LogP contribution in [0, 0.1) is 20.2 Å². The molecule has 0 saturated carbocycles. The monoisotopic (exact) mass is 574 g/mol. The van der Waals surface area contributed by atoms with Crippen LogP contribution in [0.3, 0.4) is 0 Å². The summed E-state index contributed by atoms with van der Waals surface area (Å²) in [5.74, 6) is 0. The van der Waals surface area contributed by atoms with Gasteiger partial charge < -0.3 is 0 Å². The highest BCUT2D eigenvalue weighted by Gasteiger charge is 2.26. The molecular weight excluding hydrogens is 548 g/mol. The predicted octanol–water partition coefficient (Wildman–Crippen LogP) is 9.67. The van der Waals surface area contributed by atoms with E-state index in [2.05, 4.69) is 60.7 Å². The molecule has 0 aromatic heterocycles. The van der Waals surface area contributed by atoms with Gasteiger partial charge in [0, 0.05) is 0 Å². The van der Waals surface area contributed by atoms with E-state index >= 15 is 0 Å². The lowest BCUT2D eigenvalue weighted by Gasteiger charge is -2.08. The molecule has 0 spiro atoms. The number of hydrogen-bond acceptors (Lipinski definition) is 4. The molecule has 2 aliphatic carbocycles. The Morgan fingerprint density at radius 1 is 0.386 bits per heavy atom. The molecule has 0 N–H and O–H groups in total. The quantitative estimate of drug-likeness (QED) is 0.155. The minimum atomic E-state index is -0.593. The summed E-state index contributed by atoms with van der Waals surface area (Å²) in [4.78, 5) is 21.6. The van der Waals surface area contributed by atoms with Gasteiger partial charge in [-0.2, -0.15) is 0 Å². The number of benzene rings is 6. The first kappa shape index (κ1) is 27.0. The van der Waals surface area contributed by atoms with Crippen LogP contribution in [-0.4, -0.2) is 9.85 Å². The molecule has 6 aromatic carbocycles. The molecule has 0 atom stereocenters. The van der Waals surface area contributed by atoms with Crippen LogP contribution in [-0.2, 0) is 12.8 Å². The Balaban J connectivity index is 0.000000144. The Bertz CT molecular complexity index is 1930. The van der Waals surface area contributed by atoms with E-state index in [0.717, 1.165) is 18.9 Å². The van der Waals surface area contributed by atoms with E-state index in [4.69, 9.17) is 0 Å². The number of fused-ring (bicyclic) bond motifs is 6. The van der Waals surface area contributed by atoms with Crippen LogP contribution in [0.5, 0.6) is 0 Å². The zero-order valence-corrected chi connectivity index (χ0v) is 23.6. The number of rotatable bonds is 4. The average molecular weight is 575 g/mol. The van der Waals surface area contributed by atoms with Crippen LogP contribution in [0.2, 0.25) is 0 Å². The molecule has 0 aliphatic heterocycles. The molecule has 0 amide bonds. The van der Waals surface area contributed by atoms with Gasteiger partial charge >= 0.3 is 0 Å². The van der Waals surface area contributed by atoms with E-state index in [1.54, 1.807) is 60.7 Å². The maximum Gasteiger partial charge on any atom is 0.284 e. The van der Waals surface area contributed by atoms with E-state index in [9.17, 15) is 20.2 Å². The molecule has 6 aromatic rings. The van der Waals surface area contributed by atoms with Crippen molar-refractivity contribution >= 4 is 11.4 Å². The van der Waals surface area contributed by atoms with E-state index in [0.29, 0.717) is 22.3 Å². The Kier molecular flexibility index (Phi) is 6.79. The van der Waals surface area contributed by atoms with Crippen LogP contribution < -0.4 is 0 Å². The average Bonchev–Trinajstić information content (AvgIpc) is 3.61. The third-order valence-corrected chi connectivity index (χ3v) is 8.38. The second-order valence-corrected chi connectivity index (χ2v) is 11.0. The Morgan fingerprint density at radius 2 is 0.773 bits per heavy atom. The van der Waals surface area contributed by atoms with E-state index < -0.39 is 9.85 Å². The molecule has 212 valence electrons. The fraction of sp³-hybridized carbons (Fsp3) is 0.0526. The van der Waals surface area contributed by atoms with Crippen LogP contribution in [0.25, 0.3) is 44.5 Å². The summed E-state index contributed by atoms with van der Waals surface area (Å²) in [5.41, 5.74) is 13.1. The van der Waals surface area contributed by atoms with Gasteiger partial charge in [0.05, 0.1) is 27.0 Å². The van der Waals surface area contributed by atoms with Gasteiger partial charge in [-0.05, 0) is 80.6 Å². The van der Waals surface area contributed by atoms with Crippen LogP contribution in [0.15, 0.2) is 133 Å². The highest BCUT2D eigenvalue weighted by atomic mass is 16.6. The maximum atomic E-state index is 11.4. The Morgan fingerprint density at radius 3 is 1.20 bits per heavy atom. The molecule has 0 unspecified atom stereocenters. The zero-order valence-electron chi connectivity index (χ0n) is 23.6. The van der Waals surface area contributed by atoms with Gasteiger partial charge in [0.2, 0.25) is 0 Å². The summed E-state index contributed by atoms with van der Waals surface area (Å²) in [6.45, 7) is 0. The van der Waals surface area contributed by atoms with Crippen molar-refractivity contribution < 1.29 is 9.85 Å². The molecule has 2 aliphatic rings. The fourth-order valence-electron chi connectivity index (χ4n) is 6.35. The maximum absolute atomic E-state index is 11.4. The second-order valence-electron chi connectivity index (χ2n) is 11.0. The number of nitrogens with zero attached hydrogens (tertiary/aromatic N) is 2. The molecule has 8 rings (SSSR count). The highest BCUT2D eigenvalue weighted by Crippen LogP contribution is 2.45. The first-order valence-corrected chi connectivity index (χ1v) is 14.4. The van der Waals surface area contributed by atoms with E-state index in [-0.39, 0.29) is 11.4 Å². The normalized spacial score (nSPS) is 11.8. The van der Waals surface area contributed by atoms with Crippen LogP contribution in [0.1, 0.15) is 22.3 Å². The Labute approximate surface area is 254 Å². The summed E-state index contributed by atoms with van der Waals surface area (Å²) in [6, 6.07) is 42.7. The smallest absolute Gasteiger partial charge is 0.258 e. The number of nitro benzene ring substituents is 2. The highest BCUT2D eigenvalue weighted by molar-refractivity contribution is 5.87. The molecular formula is C38H26N2O4. The molecule has 0 fully saturated rings. The first-order valence-electron chi connectivity index (χ1n) is 14.4. The van der Waals surface area contributed by atoms with Gasteiger partial charge in [-0.15, -0.1) is 0 Å². The summed E-state index contributed by atoms with van der Waals surface area (Å²) < 4.78 is 0. The first-order chi connectivity index (χ1) is 21.5. The topological polar surface area (TPSA) is 86.3 Å². The molecule has 0 radical (unpaired) electrons. The molecule has 44 heavy (non-hydrogen) atoms. The van der Waals surface area contributed by atoms with Crippen molar-refractivity contribution in [1.29, 1.82) is 0 Å². The minimum absolute atomic E-state index is 0.285. The largest absolute Gasteiger partial charge is 0.284 e. The van der Waals surface area contributed by atoms with Gasteiger partial charge in [-0.3, -0.25) is 20.2 Å². The van der Waals surface area contributed by atoms with Crippen molar-refractivity contribution in [3.8, 4) is 44.5 Å². The third kappa shape index (κ3) is 4.82. The predicted molar refractivity (Wildman–Crippen MR) is 174 cm³/mol. The standard InChI is InChI=1S/C20H14.C18H12N2O4/c1-3-7-17-13(5-1)9-15-11-16-10-14-6-2-4-8-18(14)20(16)12-19(15)17;21-19(22)17-12-18(20(23)24)16(14-9-5-2-6-10-14)11-15(17)13-7-3-1-4-8-13/h1-8,11-12H,9-10H2;1-12H. The number of hydrogen-bond donors (Lipinski definition) is 0. The van der Waals surface area contributed by atoms with Gasteiger partial charge in [0.1, 0.15) is 0 Å². The lowest BCUT2D eigenvalue weighted by molar-refractivity contribution is -0.393. The van der Waals surface area contributed by atoms with Crippen molar-refractivity contribution in [3.05, 3.63) is 176 Å². The van der Waals surface area contributed by atoms with Crippen molar-refractivity contribution in [2.75, 3.05) is 0 Å². The van der Waals surface area contributed by atoms with Gasteiger partial charge in [0.15, 0.2) is 0 Å². The Hall–Kier alpha value is -5.88. The van der Waals surface area contributed by atoms with Crippen LogP contribution >= 0.6 is 0 Å². The van der Waals surface area contributed by atoms with E-state index in [1.165, 1.54) is 50.6 Å². The summed E-state index contributed by atoms with van der Waals surface area (Å²) >= 11 is 0. The summed E-state index contributed by atoms with van der Waals surface area (Å²) in [5, 5.41) is 22.8. The molecule has 0 bridgehead atoms. The van der Waals surface area contributed by atoms with Gasteiger partial charge in [0.25, 0.3) is 11.4 Å². The summed E-state index contributed by atoms with van der Waals surface area (Å²) in [7, 11) is 0. The third-order valence-electron chi connectivity index (χ3n) is 8.38. The zero-order chi connectivity index (χ0) is 30.2. The lowest BCUT2D eigenvalue weighted by atomic mass is 9.96. The fourth-order valence-corrected chi connectivity index (χ4v) is 6.35. The lowest BCUT2D eigenvalue weighted by Crippen LogP contribution is -1.98. The number of nitro groups is 2. The van der Waals surface area contributed by atoms with Crippen molar-refractivity contribution in [2.45, 2.75) is 12.8 Å². The van der Waals surface area contributed by atoms with Crippen LogP contribution in [0.4, 0.5) is 11.4 Å². The molecule has 0 saturated heterocycles. The molecule has 6 heteroatoms. The van der Waals surface area contributed by atoms with Crippen molar-refractivity contribution in [1.82, 2.24) is 0 Å². The van der Waals surface area contributed by atoms with Gasteiger partial charge in [-0.1, -0.05) is 115 Å². The van der Waals surface area contributed by atoms with Crippen molar-refractivity contribution in [2.24, 2.45) is 0 Å². The molecule has 6 nitrogen and oxygen atoms in total. The molecule has 0 heterocycles. The minimum Gasteiger partial charge on any atom is -0.258 e. The SMILES string of the molecule is O=[N+]([O-])c1cc([N+](=O)[O-])c(-c2ccccc2)cc1-c1ccccc1.c1ccc2c(c1)Cc1cc3c(cc1-2)-c1ccccc1C3.